The van der Waals surface area contributed by atoms with Gasteiger partial charge in [0.05, 0.1) is 12.4 Å². The minimum absolute atomic E-state index is 0.0509. The third kappa shape index (κ3) is 4.13. The van der Waals surface area contributed by atoms with E-state index in [-0.39, 0.29) is 28.2 Å². The summed E-state index contributed by atoms with van der Waals surface area (Å²) in [5.74, 6) is 0.727. The second kappa shape index (κ2) is 7.15. The summed E-state index contributed by atoms with van der Waals surface area (Å²) < 4.78 is 78.5. The highest BCUT2D eigenvalue weighted by molar-refractivity contribution is 5.71. The Hall–Kier alpha value is -3.19. The van der Waals surface area contributed by atoms with Gasteiger partial charge in [-0.25, -0.2) is 24.6 Å². The van der Waals surface area contributed by atoms with Crippen molar-refractivity contribution < 1.29 is 26.3 Å². The number of anilines is 2. The summed E-state index contributed by atoms with van der Waals surface area (Å²) in [6, 6.07) is 0.962. The molecule has 0 aliphatic carbocycles. The van der Waals surface area contributed by atoms with Crippen LogP contribution in [0.15, 0.2) is 18.5 Å². The van der Waals surface area contributed by atoms with Crippen LogP contribution in [0.1, 0.15) is 17.9 Å². The van der Waals surface area contributed by atoms with Gasteiger partial charge in [-0.2, -0.15) is 31.4 Å². The average molecular weight is 472 g/mol. The summed E-state index contributed by atoms with van der Waals surface area (Å²) >= 11 is 0. The van der Waals surface area contributed by atoms with Gasteiger partial charge in [0.15, 0.2) is 5.65 Å². The van der Waals surface area contributed by atoms with Crippen LogP contribution in [-0.2, 0) is 12.7 Å². The third-order valence-corrected chi connectivity index (χ3v) is 5.92. The first-order chi connectivity index (χ1) is 15.4. The number of halogens is 6. The van der Waals surface area contributed by atoms with Crippen molar-refractivity contribution in [2.24, 2.45) is 5.41 Å². The van der Waals surface area contributed by atoms with Crippen LogP contribution in [-0.4, -0.2) is 62.1 Å². The molecular weight excluding hydrogens is 454 g/mol. The second-order valence-corrected chi connectivity index (χ2v) is 8.54. The Kier molecular flexibility index (Phi) is 4.69. The van der Waals surface area contributed by atoms with E-state index in [1.54, 1.807) is 0 Å². The molecule has 0 saturated carbocycles. The van der Waals surface area contributed by atoms with Crippen molar-refractivity contribution >= 4 is 22.8 Å². The first-order valence-corrected chi connectivity index (χ1v) is 10.1. The summed E-state index contributed by atoms with van der Waals surface area (Å²) in [6.07, 6.45) is -5.51. The molecule has 2 aliphatic rings. The van der Waals surface area contributed by atoms with E-state index in [9.17, 15) is 26.3 Å². The predicted molar refractivity (Wildman–Crippen MR) is 105 cm³/mol. The van der Waals surface area contributed by atoms with Gasteiger partial charge in [-0.3, -0.25) is 0 Å². The van der Waals surface area contributed by atoms with Crippen LogP contribution < -0.4 is 9.80 Å². The Morgan fingerprint density at radius 3 is 2.36 bits per heavy atom. The topological polar surface area (TPSA) is 75.9 Å². The van der Waals surface area contributed by atoms with E-state index in [2.05, 4.69) is 25.0 Å². The zero-order valence-electron chi connectivity index (χ0n) is 17.3. The summed E-state index contributed by atoms with van der Waals surface area (Å²) in [5.41, 5.74) is -0.819. The fourth-order valence-electron chi connectivity index (χ4n) is 4.45. The lowest BCUT2D eigenvalue weighted by atomic mass is 9.79. The number of hydrogen-bond acceptors (Lipinski definition) is 7. The Bertz CT molecular complexity index is 1200. The monoisotopic (exact) mass is 472 g/mol. The largest absolute Gasteiger partial charge is 0.433 e. The summed E-state index contributed by atoms with van der Waals surface area (Å²) in [6.45, 7) is 2.35. The van der Waals surface area contributed by atoms with E-state index in [0.29, 0.717) is 32.0 Å². The lowest BCUT2D eigenvalue weighted by Gasteiger charge is -2.48. The summed E-state index contributed by atoms with van der Waals surface area (Å²) in [5, 5.41) is 3.73. The molecular formula is C19H18F6N8. The number of nitrogens with zero attached hydrogens (tertiary/aromatic N) is 8. The van der Waals surface area contributed by atoms with Gasteiger partial charge in [-0.1, -0.05) is 0 Å². The predicted octanol–water partition coefficient (Wildman–Crippen LogP) is 3.22. The highest BCUT2D eigenvalue weighted by Crippen LogP contribution is 2.43. The maximum absolute atomic E-state index is 13.1. The van der Waals surface area contributed by atoms with E-state index in [1.165, 1.54) is 19.3 Å². The molecule has 1 spiro atoms. The van der Waals surface area contributed by atoms with E-state index in [1.807, 2.05) is 9.80 Å². The maximum Gasteiger partial charge on any atom is 0.433 e. The van der Waals surface area contributed by atoms with Gasteiger partial charge in [0, 0.05) is 37.7 Å². The van der Waals surface area contributed by atoms with Gasteiger partial charge >= 0.3 is 12.4 Å². The molecule has 3 aromatic rings. The average Bonchev–Trinajstić information content (AvgIpc) is 3.29. The van der Waals surface area contributed by atoms with Gasteiger partial charge in [-0.05, 0) is 13.3 Å². The SMILES string of the molecule is Cc1nc(N2CCC3(C2)CN(c2cnc4cnn(CC(F)(F)F)c4n2)C3)cc(C(F)(F)F)n1. The molecule has 14 heteroatoms. The number of fused-ring (bicyclic) bond motifs is 1. The molecule has 0 unspecified atom stereocenters. The molecule has 33 heavy (non-hydrogen) atoms. The van der Waals surface area contributed by atoms with E-state index >= 15 is 0 Å². The quantitative estimate of drug-likeness (QED) is 0.542. The molecule has 0 radical (unpaired) electrons. The zero-order valence-corrected chi connectivity index (χ0v) is 17.3. The standard InChI is InChI=1S/C19H18F6N8/c1-11-28-13(19(23,24)25)4-14(29-11)31-3-2-17(7-31)8-32(9-17)15-6-26-12-5-27-33(16(12)30-15)10-18(20,21)22/h4-6H,2-3,7-10H2,1H3. The van der Waals surface area contributed by atoms with Gasteiger partial charge < -0.3 is 9.80 Å². The minimum atomic E-state index is -4.55. The number of rotatable bonds is 3. The molecule has 2 saturated heterocycles. The Morgan fingerprint density at radius 2 is 1.67 bits per heavy atom. The van der Waals surface area contributed by atoms with Crippen molar-refractivity contribution in [3.8, 4) is 0 Å². The van der Waals surface area contributed by atoms with Crippen molar-refractivity contribution in [2.45, 2.75) is 32.2 Å². The first-order valence-electron chi connectivity index (χ1n) is 10.1. The Morgan fingerprint density at radius 1 is 0.939 bits per heavy atom. The van der Waals surface area contributed by atoms with Crippen LogP contribution in [0.3, 0.4) is 0 Å². The van der Waals surface area contributed by atoms with Gasteiger partial charge in [0.25, 0.3) is 0 Å². The normalized spacial score (nSPS) is 18.4. The number of alkyl halides is 6. The minimum Gasteiger partial charge on any atom is -0.356 e. The van der Waals surface area contributed by atoms with Gasteiger partial charge in [0.2, 0.25) is 0 Å². The number of hydrogen-bond donors (Lipinski definition) is 0. The lowest BCUT2D eigenvalue weighted by molar-refractivity contribution is -0.142. The fourth-order valence-corrected chi connectivity index (χ4v) is 4.45. The molecule has 8 nitrogen and oxygen atoms in total. The lowest BCUT2D eigenvalue weighted by Crippen LogP contribution is -2.58. The molecule has 2 aliphatic heterocycles. The number of aromatic nitrogens is 6. The van der Waals surface area contributed by atoms with Crippen molar-refractivity contribution in [1.29, 1.82) is 0 Å². The second-order valence-electron chi connectivity index (χ2n) is 8.54. The van der Waals surface area contributed by atoms with Crippen molar-refractivity contribution in [2.75, 3.05) is 36.0 Å². The van der Waals surface area contributed by atoms with Crippen LogP contribution in [0.5, 0.6) is 0 Å². The summed E-state index contributed by atoms with van der Waals surface area (Å²) in [4.78, 5) is 19.9. The van der Waals surface area contributed by atoms with Crippen LogP contribution in [0.2, 0.25) is 0 Å². The van der Waals surface area contributed by atoms with Crippen LogP contribution in [0.4, 0.5) is 38.0 Å². The molecule has 0 amide bonds. The zero-order chi connectivity index (χ0) is 23.6. The molecule has 5 rings (SSSR count). The number of aryl methyl sites for hydroxylation is 1. The highest BCUT2D eigenvalue weighted by atomic mass is 19.4. The molecule has 176 valence electrons. The molecule has 0 aromatic carbocycles. The highest BCUT2D eigenvalue weighted by Gasteiger charge is 2.49. The van der Waals surface area contributed by atoms with E-state index in [4.69, 9.17) is 0 Å². The van der Waals surface area contributed by atoms with Crippen molar-refractivity contribution in [1.82, 2.24) is 29.7 Å². The molecule has 3 aromatic heterocycles. The van der Waals surface area contributed by atoms with Crippen molar-refractivity contribution in [3.05, 3.63) is 30.0 Å². The Balaban J connectivity index is 1.30. The maximum atomic E-state index is 13.1. The Labute approximate surface area is 183 Å². The molecule has 5 heterocycles. The molecule has 2 fully saturated rings. The van der Waals surface area contributed by atoms with Crippen molar-refractivity contribution in [3.63, 3.8) is 0 Å². The fraction of sp³-hybridized carbons (Fsp3) is 0.526. The first kappa shape index (κ1) is 21.6. The smallest absolute Gasteiger partial charge is 0.356 e. The van der Waals surface area contributed by atoms with Crippen LogP contribution >= 0.6 is 0 Å². The van der Waals surface area contributed by atoms with E-state index in [0.717, 1.165) is 17.2 Å². The molecule has 0 bridgehead atoms. The van der Waals surface area contributed by atoms with Gasteiger partial charge in [0.1, 0.15) is 35.2 Å². The molecule has 0 N–H and O–H groups in total. The molecule has 0 atom stereocenters. The third-order valence-electron chi connectivity index (χ3n) is 5.92. The van der Waals surface area contributed by atoms with Crippen LogP contribution in [0.25, 0.3) is 11.2 Å². The summed E-state index contributed by atoms with van der Waals surface area (Å²) in [7, 11) is 0. The van der Waals surface area contributed by atoms with E-state index < -0.39 is 24.6 Å². The van der Waals surface area contributed by atoms with Gasteiger partial charge in [-0.15, -0.1) is 0 Å². The van der Waals surface area contributed by atoms with Crippen LogP contribution in [0, 0.1) is 12.3 Å².